The van der Waals surface area contributed by atoms with Gasteiger partial charge >= 0.3 is 6.09 Å². The van der Waals surface area contributed by atoms with E-state index in [1.807, 2.05) is 25.1 Å². The first-order valence-corrected chi connectivity index (χ1v) is 7.32. The summed E-state index contributed by atoms with van der Waals surface area (Å²) in [7, 11) is 0. The predicted molar refractivity (Wildman–Crippen MR) is 76.8 cm³/mol. The molecule has 0 radical (unpaired) electrons. The Balaban J connectivity index is 1.78. The molecule has 2 aliphatic rings. The normalized spacial score (nSPS) is 18.5. The highest BCUT2D eigenvalue weighted by molar-refractivity contribution is 5.69. The van der Waals surface area contributed by atoms with Crippen molar-refractivity contribution in [2.24, 2.45) is 0 Å². The summed E-state index contributed by atoms with van der Waals surface area (Å²) >= 11 is 0. The molecule has 2 aliphatic heterocycles. The molecule has 114 valence electrons. The van der Waals surface area contributed by atoms with Gasteiger partial charge in [-0.2, -0.15) is 0 Å². The van der Waals surface area contributed by atoms with E-state index >= 15 is 0 Å². The van der Waals surface area contributed by atoms with Crippen LogP contribution >= 0.6 is 0 Å². The second-order valence-corrected chi connectivity index (χ2v) is 5.07. The number of cyclic esters (lactones) is 1. The summed E-state index contributed by atoms with van der Waals surface area (Å²) in [6.07, 6.45) is -0.240. The standard InChI is InChI=1S/C15H20N2O4/c1-2-16-12(10-17-5-6-21-15(17)18)11-3-4-13-14(9-11)20-8-7-19-13/h3-4,9,12,16H,2,5-8,10H2,1H3. The Labute approximate surface area is 124 Å². The lowest BCUT2D eigenvalue weighted by atomic mass is 10.1. The zero-order valence-corrected chi connectivity index (χ0v) is 12.1. The number of benzene rings is 1. The van der Waals surface area contributed by atoms with Crippen molar-refractivity contribution in [3.63, 3.8) is 0 Å². The number of carbonyl (C=O) groups is 1. The molecule has 1 aromatic carbocycles. The number of nitrogens with one attached hydrogen (secondary N) is 1. The van der Waals surface area contributed by atoms with Gasteiger partial charge in [0.05, 0.1) is 12.6 Å². The molecular formula is C15H20N2O4. The number of ether oxygens (including phenoxy) is 3. The number of amides is 1. The number of nitrogens with zero attached hydrogens (tertiary/aromatic N) is 1. The van der Waals surface area contributed by atoms with Crippen molar-refractivity contribution >= 4 is 6.09 Å². The van der Waals surface area contributed by atoms with Crippen LogP contribution in [0.4, 0.5) is 4.79 Å². The molecule has 6 nitrogen and oxygen atoms in total. The van der Waals surface area contributed by atoms with Crippen molar-refractivity contribution in [3.05, 3.63) is 23.8 Å². The van der Waals surface area contributed by atoms with Crippen LogP contribution < -0.4 is 14.8 Å². The average Bonchev–Trinajstić information content (AvgIpc) is 2.91. The minimum Gasteiger partial charge on any atom is -0.486 e. The van der Waals surface area contributed by atoms with E-state index in [9.17, 15) is 4.79 Å². The zero-order valence-electron chi connectivity index (χ0n) is 12.1. The first kappa shape index (κ1) is 14.0. The summed E-state index contributed by atoms with van der Waals surface area (Å²) in [6.45, 7) is 5.73. The predicted octanol–water partition coefficient (Wildman–Crippen LogP) is 1.56. The van der Waals surface area contributed by atoms with Gasteiger partial charge in [-0.3, -0.25) is 0 Å². The third-order valence-corrected chi connectivity index (χ3v) is 3.67. The van der Waals surface area contributed by atoms with Crippen LogP contribution in [0.15, 0.2) is 18.2 Å². The van der Waals surface area contributed by atoms with Crippen LogP contribution in [0.5, 0.6) is 11.5 Å². The summed E-state index contributed by atoms with van der Waals surface area (Å²) in [5.41, 5.74) is 1.08. The van der Waals surface area contributed by atoms with E-state index in [-0.39, 0.29) is 12.1 Å². The first-order valence-electron chi connectivity index (χ1n) is 7.32. The lowest BCUT2D eigenvalue weighted by molar-refractivity contribution is 0.155. The minimum absolute atomic E-state index is 0.0523. The van der Waals surface area contributed by atoms with Crippen molar-refractivity contribution < 1.29 is 19.0 Å². The van der Waals surface area contributed by atoms with Gasteiger partial charge in [0.15, 0.2) is 11.5 Å². The molecule has 1 unspecified atom stereocenters. The topological polar surface area (TPSA) is 60.0 Å². The molecule has 1 aromatic rings. The van der Waals surface area contributed by atoms with Gasteiger partial charge in [0.25, 0.3) is 0 Å². The molecule has 1 amide bonds. The SMILES string of the molecule is CCNC(CN1CCOC1=O)c1ccc2c(c1)OCCO2. The molecular weight excluding hydrogens is 272 g/mol. The minimum atomic E-state index is -0.240. The third-order valence-electron chi connectivity index (χ3n) is 3.67. The van der Waals surface area contributed by atoms with Crippen LogP contribution in [0.25, 0.3) is 0 Å². The fourth-order valence-electron chi connectivity index (χ4n) is 2.62. The molecule has 1 N–H and O–H groups in total. The van der Waals surface area contributed by atoms with Crippen LogP contribution in [0.3, 0.4) is 0 Å². The van der Waals surface area contributed by atoms with E-state index in [1.165, 1.54) is 0 Å². The van der Waals surface area contributed by atoms with Gasteiger partial charge < -0.3 is 24.4 Å². The van der Waals surface area contributed by atoms with Gasteiger partial charge in [-0.05, 0) is 24.2 Å². The van der Waals surface area contributed by atoms with Gasteiger partial charge in [-0.25, -0.2) is 4.79 Å². The number of rotatable bonds is 5. The molecule has 0 bridgehead atoms. The van der Waals surface area contributed by atoms with E-state index in [1.54, 1.807) is 4.90 Å². The summed E-state index contributed by atoms with van der Waals surface area (Å²) in [5, 5.41) is 3.41. The zero-order chi connectivity index (χ0) is 14.7. The molecule has 0 aliphatic carbocycles. The molecule has 0 saturated carbocycles. The molecule has 1 atom stereocenters. The van der Waals surface area contributed by atoms with Crippen molar-refractivity contribution in [3.8, 4) is 11.5 Å². The summed E-state index contributed by atoms with van der Waals surface area (Å²) < 4.78 is 16.1. The van der Waals surface area contributed by atoms with Crippen LogP contribution in [0.2, 0.25) is 0 Å². The molecule has 3 rings (SSSR count). The van der Waals surface area contributed by atoms with Gasteiger partial charge in [0, 0.05) is 6.54 Å². The quantitative estimate of drug-likeness (QED) is 0.892. The summed E-state index contributed by atoms with van der Waals surface area (Å²) in [5.74, 6) is 1.55. The van der Waals surface area contributed by atoms with Crippen molar-refractivity contribution in [1.82, 2.24) is 10.2 Å². The Morgan fingerprint density at radius 1 is 1.19 bits per heavy atom. The Morgan fingerprint density at radius 2 is 2.00 bits per heavy atom. The van der Waals surface area contributed by atoms with E-state index < -0.39 is 0 Å². The van der Waals surface area contributed by atoms with E-state index in [0.717, 1.165) is 23.6 Å². The third kappa shape index (κ3) is 3.05. The van der Waals surface area contributed by atoms with Crippen LogP contribution in [0.1, 0.15) is 18.5 Å². The van der Waals surface area contributed by atoms with E-state index in [0.29, 0.717) is 32.9 Å². The maximum Gasteiger partial charge on any atom is 0.410 e. The van der Waals surface area contributed by atoms with Crippen molar-refractivity contribution in [1.29, 1.82) is 0 Å². The number of carbonyl (C=O) groups excluding carboxylic acids is 1. The largest absolute Gasteiger partial charge is 0.486 e. The Morgan fingerprint density at radius 3 is 2.71 bits per heavy atom. The van der Waals surface area contributed by atoms with Gasteiger partial charge in [0.1, 0.15) is 19.8 Å². The lowest BCUT2D eigenvalue weighted by Gasteiger charge is -2.25. The highest BCUT2D eigenvalue weighted by atomic mass is 16.6. The maximum absolute atomic E-state index is 11.6. The highest BCUT2D eigenvalue weighted by Crippen LogP contribution is 2.33. The molecule has 0 aromatic heterocycles. The molecule has 6 heteroatoms. The number of fused-ring (bicyclic) bond motifs is 1. The van der Waals surface area contributed by atoms with Crippen LogP contribution in [-0.2, 0) is 4.74 Å². The fourth-order valence-corrected chi connectivity index (χ4v) is 2.62. The fraction of sp³-hybridized carbons (Fsp3) is 0.533. The summed E-state index contributed by atoms with van der Waals surface area (Å²) in [4.78, 5) is 13.3. The van der Waals surface area contributed by atoms with Crippen molar-refractivity contribution in [2.75, 3.05) is 39.5 Å². The van der Waals surface area contributed by atoms with Crippen LogP contribution in [-0.4, -0.2) is 50.4 Å². The average molecular weight is 292 g/mol. The Kier molecular flexibility index (Phi) is 4.15. The first-order chi connectivity index (χ1) is 10.3. The summed E-state index contributed by atoms with van der Waals surface area (Å²) in [6, 6.07) is 5.98. The second-order valence-electron chi connectivity index (χ2n) is 5.07. The van der Waals surface area contributed by atoms with Crippen molar-refractivity contribution in [2.45, 2.75) is 13.0 Å². The van der Waals surface area contributed by atoms with Crippen LogP contribution in [0, 0.1) is 0 Å². The molecule has 1 saturated heterocycles. The Hall–Kier alpha value is -1.95. The van der Waals surface area contributed by atoms with Gasteiger partial charge in [-0.15, -0.1) is 0 Å². The monoisotopic (exact) mass is 292 g/mol. The molecule has 21 heavy (non-hydrogen) atoms. The second kappa shape index (κ2) is 6.22. The van der Waals surface area contributed by atoms with E-state index in [2.05, 4.69) is 5.32 Å². The highest BCUT2D eigenvalue weighted by Gasteiger charge is 2.26. The number of hydrogen-bond acceptors (Lipinski definition) is 5. The number of hydrogen-bond donors (Lipinski definition) is 1. The maximum atomic E-state index is 11.6. The van der Waals surface area contributed by atoms with Gasteiger partial charge in [0.2, 0.25) is 0 Å². The smallest absolute Gasteiger partial charge is 0.410 e. The molecule has 2 heterocycles. The lowest BCUT2D eigenvalue weighted by Crippen LogP contribution is -2.35. The molecule has 0 spiro atoms. The number of likely N-dealkylation sites (N-methyl/N-ethyl adjacent to an activating group) is 1. The Bertz CT molecular complexity index is 520. The van der Waals surface area contributed by atoms with E-state index in [4.69, 9.17) is 14.2 Å². The van der Waals surface area contributed by atoms with Gasteiger partial charge in [-0.1, -0.05) is 13.0 Å². The molecule has 1 fully saturated rings.